The van der Waals surface area contributed by atoms with E-state index in [2.05, 4.69) is 44.9 Å². The Kier molecular flexibility index (Phi) is 11.5. The van der Waals surface area contributed by atoms with E-state index in [1.165, 1.54) is 21.3 Å². The molecule has 5 aromatic rings. The number of fused-ring (bicyclic) bond motifs is 2. The van der Waals surface area contributed by atoms with E-state index in [-0.39, 0.29) is 29.8 Å². The van der Waals surface area contributed by atoms with Crippen molar-refractivity contribution in [2.75, 3.05) is 34.4 Å². The van der Waals surface area contributed by atoms with Crippen molar-refractivity contribution in [2.45, 2.75) is 88.6 Å². The van der Waals surface area contributed by atoms with Crippen molar-refractivity contribution in [1.29, 1.82) is 0 Å². The fourth-order valence-corrected chi connectivity index (χ4v) is 9.00. The predicted molar refractivity (Wildman–Crippen MR) is 219 cm³/mol. The van der Waals surface area contributed by atoms with E-state index in [1.54, 1.807) is 18.0 Å². The maximum Gasteiger partial charge on any atom is 0.407 e. The lowest BCUT2D eigenvalue weighted by Gasteiger charge is -2.31. The third kappa shape index (κ3) is 8.05. The first kappa shape index (κ1) is 39.8. The fourth-order valence-electron chi connectivity index (χ4n) is 9.00. The molecule has 0 spiro atoms. The summed E-state index contributed by atoms with van der Waals surface area (Å²) in [6.45, 7) is 2.87. The van der Waals surface area contributed by atoms with Gasteiger partial charge in [-0.3, -0.25) is 9.59 Å². The van der Waals surface area contributed by atoms with Gasteiger partial charge in [0.1, 0.15) is 23.7 Å². The average molecular weight is 806 g/mol. The molecule has 0 unspecified atom stereocenters. The van der Waals surface area contributed by atoms with Crippen molar-refractivity contribution in [2.24, 2.45) is 5.92 Å². The number of likely N-dealkylation sites (tertiary alicyclic amines) is 2. The lowest BCUT2D eigenvalue weighted by molar-refractivity contribution is -0.137. The van der Waals surface area contributed by atoms with E-state index in [0.717, 1.165) is 90.2 Å². The molecule has 2 aromatic carbocycles. The lowest BCUT2D eigenvalue weighted by Crippen LogP contribution is -2.54. The molecule has 16 heteroatoms. The van der Waals surface area contributed by atoms with Crippen LogP contribution < -0.4 is 10.6 Å². The molecular weight excluding hydrogens is 755 g/mol. The number of nitrogens with one attached hydrogen (secondary N) is 4. The number of aromatic amines is 2. The smallest absolute Gasteiger partial charge is 0.407 e. The standard InChI is InChI=1S/C43H51N9O7/c1-24(57-2)35(48-42(55)58-3)40(53)51-19-7-11-33(51)38-44-23-32(47-38)29-16-14-26-21-28(15-13-27(26)22-29)30-17-18-31-37(45-30)50-39(46-31)34-12-8-20-52(34)41(54)36(49-43(56)59-4)25-9-5-6-10-25/h13-18,21-25,33-36H,5-12,19-20H2,1-4H3,(H,44,47)(H,48,55)(H,49,56)(H,45,46,50)/t24-,33+,34+,35+,36+/m1/s1. The van der Waals surface area contributed by atoms with Crippen molar-refractivity contribution in [3.63, 3.8) is 0 Å². The summed E-state index contributed by atoms with van der Waals surface area (Å²) in [5, 5.41) is 7.54. The van der Waals surface area contributed by atoms with Crippen LogP contribution in [-0.2, 0) is 23.8 Å². The van der Waals surface area contributed by atoms with Gasteiger partial charge in [0.05, 0.1) is 55.5 Å². The third-order valence-electron chi connectivity index (χ3n) is 12.3. The molecule has 1 aliphatic carbocycles. The topological polar surface area (TPSA) is 197 Å². The first-order valence-electron chi connectivity index (χ1n) is 20.4. The molecule has 1 saturated carbocycles. The first-order valence-corrected chi connectivity index (χ1v) is 20.4. The maximum absolute atomic E-state index is 14.0. The van der Waals surface area contributed by atoms with E-state index in [0.29, 0.717) is 30.4 Å². The SMILES string of the molecule is COC(=O)N[C@H](C(=O)N1CCC[C@H]1c1nc2nc(-c3ccc4cc(-c5cnc([C@@H]6CCCN6C(=O)[C@@H](NC(=O)OC)[C@@H](C)OC)[nH]5)ccc4c3)ccc2[nH]1)C1CCCC1. The van der Waals surface area contributed by atoms with Crippen LogP contribution in [0.3, 0.4) is 0 Å². The quantitative estimate of drug-likeness (QED) is 0.120. The van der Waals surface area contributed by atoms with Crippen molar-refractivity contribution in [3.05, 3.63) is 66.4 Å². The Morgan fingerprint density at radius 2 is 1.37 bits per heavy atom. The largest absolute Gasteiger partial charge is 0.453 e. The van der Waals surface area contributed by atoms with Crippen LogP contribution in [0, 0.1) is 5.92 Å². The van der Waals surface area contributed by atoms with E-state index in [1.807, 2.05) is 29.2 Å². The van der Waals surface area contributed by atoms with Gasteiger partial charge in [-0.05, 0) is 86.4 Å². The molecule has 4 amide bonds. The van der Waals surface area contributed by atoms with Gasteiger partial charge in [-0.2, -0.15) is 0 Å². The molecule has 2 aliphatic heterocycles. The number of carbonyl (C=O) groups is 4. The number of hydrogen-bond acceptors (Lipinski definition) is 10. The zero-order chi connectivity index (χ0) is 41.2. The van der Waals surface area contributed by atoms with Crippen LogP contribution in [0.4, 0.5) is 9.59 Å². The fraction of sp³-hybridized carbons (Fsp3) is 0.465. The summed E-state index contributed by atoms with van der Waals surface area (Å²) in [7, 11) is 4.08. The Hall–Kier alpha value is -6.03. The highest BCUT2D eigenvalue weighted by atomic mass is 16.5. The van der Waals surface area contributed by atoms with Crippen LogP contribution in [0.1, 0.15) is 82.0 Å². The Balaban J connectivity index is 0.979. The highest BCUT2D eigenvalue weighted by molar-refractivity contribution is 5.91. The van der Waals surface area contributed by atoms with Crippen LogP contribution in [-0.4, -0.2) is 111 Å². The maximum atomic E-state index is 14.0. The first-order chi connectivity index (χ1) is 28.6. The Morgan fingerprint density at radius 3 is 2.07 bits per heavy atom. The van der Waals surface area contributed by atoms with Gasteiger partial charge in [0.15, 0.2) is 5.65 Å². The number of imidazole rings is 2. The summed E-state index contributed by atoms with van der Waals surface area (Å²) in [4.78, 5) is 77.0. The summed E-state index contributed by atoms with van der Waals surface area (Å²) in [5.41, 5.74) is 4.88. The number of aromatic nitrogens is 5. The minimum absolute atomic E-state index is 0.0870. The Bertz CT molecular complexity index is 2350. The molecule has 5 atom stereocenters. The molecule has 0 bridgehead atoms. The van der Waals surface area contributed by atoms with Gasteiger partial charge in [-0.25, -0.2) is 24.5 Å². The normalized spacial score (nSPS) is 19.9. The van der Waals surface area contributed by atoms with Gasteiger partial charge in [-0.1, -0.05) is 37.1 Å². The molecule has 59 heavy (non-hydrogen) atoms. The van der Waals surface area contributed by atoms with Crippen LogP contribution in [0.2, 0.25) is 0 Å². The van der Waals surface area contributed by atoms with Crippen molar-refractivity contribution >= 4 is 45.9 Å². The zero-order valence-electron chi connectivity index (χ0n) is 33.8. The number of carbonyl (C=O) groups excluding carboxylic acids is 4. The number of rotatable bonds is 11. The average Bonchev–Trinajstić information content (AvgIpc) is 4.12. The molecule has 4 N–H and O–H groups in total. The summed E-state index contributed by atoms with van der Waals surface area (Å²) >= 11 is 0. The van der Waals surface area contributed by atoms with E-state index in [4.69, 9.17) is 29.2 Å². The monoisotopic (exact) mass is 805 g/mol. The number of amides is 4. The summed E-state index contributed by atoms with van der Waals surface area (Å²) in [5.74, 6) is 1.13. The highest BCUT2D eigenvalue weighted by Crippen LogP contribution is 2.37. The van der Waals surface area contributed by atoms with Crippen molar-refractivity contribution < 1.29 is 33.4 Å². The molecule has 0 radical (unpaired) electrons. The second-order valence-corrected chi connectivity index (χ2v) is 15.7. The number of benzene rings is 2. The lowest BCUT2D eigenvalue weighted by atomic mass is 9.96. The Labute approximate surface area is 341 Å². The molecule has 8 rings (SSSR count). The number of nitrogens with zero attached hydrogens (tertiary/aromatic N) is 5. The summed E-state index contributed by atoms with van der Waals surface area (Å²) in [6.07, 6.45) is 6.99. The third-order valence-corrected chi connectivity index (χ3v) is 12.3. The molecule has 3 aromatic heterocycles. The van der Waals surface area contributed by atoms with E-state index in [9.17, 15) is 19.2 Å². The second-order valence-electron chi connectivity index (χ2n) is 15.7. The molecule has 3 aliphatic rings. The van der Waals surface area contributed by atoms with E-state index >= 15 is 0 Å². The van der Waals surface area contributed by atoms with Crippen LogP contribution in [0.5, 0.6) is 0 Å². The van der Waals surface area contributed by atoms with Gasteiger partial charge in [0.25, 0.3) is 0 Å². The number of alkyl carbamates (subject to hydrolysis) is 2. The number of pyridine rings is 1. The molecule has 2 saturated heterocycles. The van der Waals surface area contributed by atoms with Crippen molar-refractivity contribution in [1.82, 2.24) is 45.4 Å². The Morgan fingerprint density at radius 1 is 0.729 bits per heavy atom. The van der Waals surface area contributed by atoms with Gasteiger partial charge >= 0.3 is 12.2 Å². The van der Waals surface area contributed by atoms with Crippen LogP contribution >= 0.6 is 0 Å². The van der Waals surface area contributed by atoms with Crippen molar-refractivity contribution in [3.8, 4) is 22.5 Å². The molecule has 5 heterocycles. The summed E-state index contributed by atoms with van der Waals surface area (Å²) in [6, 6.07) is 14.4. The minimum atomic E-state index is -0.903. The second kappa shape index (κ2) is 17.1. The number of ether oxygens (including phenoxy) is 3. The minimum Gasteiger partial charge on any atom is -0.453 e. The number of H-pyrrole nitrogens is 2. The predicted octanol–water partition coefficient (Wildman–Crippen LogP) is 6.17. The van der Waals surface area contributed by atoms with E-state index < -0.39 is 30.4 Å². The van der Waals surface area contributed by atoms with Crippen LogP contribution in [0.25, 0.3) is 44.5 Å². The van der Waals surface area contributed by atoms with Gasteiger partial charge in [0, 0.05) is 31.3 Å². The highest BCUT2D eigenvalue weighted by Gasteiger charge is 2.41. The summed E-state index contributed by atoms with van der Waals surface area (Å²) < 4.78 is 15.0. The molecular formula is C43H51N9O7. The molecule has 310 valence electrons. The zero-order valence-corrected chi connectivity index (χ0v) is 33.8. The van der Waals surface area contributed by atoms with Gasteiger partial charge < -0.3 is 44.6 Å². The molecule has 3 fully saturated rings. The molecule has 16 nitrogen and oxygen atoms in total. The number of methoxy groups -OCH3 is 3. The van der Waals surface area contributed by atoms with Gasteiger partial charge in [-0.15, -0.1) is 0 Å². The van der Waals surface area contributed by atoms with Crippen LogP contribution in [0.15, 0.2) is 54.7 Å². The van der Waals surface area contributed by atoms with Gasteiger partial charge in [0.2, 0.25) is 11.8 Å². The number of hydrogen-bond donors (Lipinski definition) is 4.